The largest absolute Gasteiger partial charge is 0.308 e. The molecular formula is H3NO2S2. The van der Waals surface area contributed by atoms with Crippen molar-refractivity contribution < 1.29 is 8.42 Å². The van der Waals surface area contributed by atoms with E-state index in [9.17, 15) is 0 Å². The van der Waals surface area contributed by atoms with Gasteiger partial charge in [0.1, 0.15) is 0 Å². The van der Waals surface area contributed by atoms with Crippen LogP contribution in [0.1, 0.15) is 0 Å². The van der Waals surface area contributed by atoms with Crippen molar-refractivity contribution in [1.82, 2.24) is 0 Å². The summed E-state index contributed by atoms with van der Waals surface area (Å²) in [5.41, 5.74) is 0. The van der Waals surface area contributed by atoms with Crippen LogP contribution in [0.3, 0.4) is 0 Å². The minimum atomic E-state index is -2.61. The van der Waals surface area contributed by atoms with Gasteiger partial charge in [-0.05, 0) is 0 Å². The Labute approximate surface area is 38.0 Å². The summed E-state index contributed by atoms with van der Waals surface area (Å²) >= 11 is 0. The standard InChI is InChI=1S/HNO2S.H2S/c1-4(2)3;/h1H;1H2. The summed E-state index contributed by atoms with van der Waals surface area (Å²) in [5.74, 6) is 0. The van der Waals surface area contributed by atoms with E-state index in [2.05, 4.69) is 0 Å². The van der Waals surface area contributed by atoms with Crippen molar-refractivity contribution in [3.05, 3.63) is 0 Å². The van der Waals surface area contributed by atoms with Crippen LogP contribution in [0.4, 0.5) is 0 Å². The summed E-state index contributed by atoms with van der Waals surface area (Å²) in [4.78, 5) is 0. The second-order valence-electron chi connectivity index (χ2n) is 0.235. The zero-order valence-corrected chi connectivity index (χ0v) is 4.04. The molecule has 0 amide bonds. The van der Waals surface area contributed by atoms with Crippen molar-refractivity contribution in [1.29, 1.82) is 4.78 Å². The Morgan fingerprint density at radius 2 is 1.40 bits per heavy atom. The van der Waals surface area contributed by atoms with Crippen LogP contribution in [-0.2, 0) is 10.5 Å². The van der Waals surface area contributed by atoms with Gasteiger partial charge in [0.15, 0.2) is 0 Å². The monoisotopic (exact) mass is 113 g/mol. The summed E-state index contributed by atoms with van der Waals surface area (Å²) in [6, 6.07) is 0. The third-order valence-electron chi connectivity index (χ3n) is 0. The molecule has 0 aliphatic rings. The lowest BCUT2D eigenvalue weighted by Gasteiger charge is -1.18. The van der Waals surface area contributed by atoms with Gasteiger partial charge in [-0.2, -0.15) is 26.7 Å². The maximum atomic E-state index is 8.67. The highest BCUT2D eigenvalue weighted by atomic mass is 32.2. The zero-order valence-electron chi connectivity index (χ0n) is 2.22. The van der Waals surface area contributed by atoms with Gasteiger partial charge in [-0.25, -0.2) is 0 Å². The van der Waals surface area contributed by atoms with Gasteiger partial charge in [-0.3, -0.25) is 0 Å². The molecule has 0 spiro atoms. The van der Waals surface area contributed by atoms with E-state index in [-0.39, 0.29) is 13.5 Å². The molecule has 0 aromatic heterocycles. The molecule has 0 radical (unpaired) electrons. The maximum absolute atomic E-state index is 8.67. The highest BCUT2D eigenvalue weighted by Crippen LogP contribution is 1.15. The lowest BCUT2D eigenvalue weighted by Crippen LogP contribution is -1.34. The van der Waals surface area contributed by atoms with Crippen LogP contribution in [-0.4, -0.2) is 8.42 Å². The zero-order chi connectivity index (χ0) is 3.58. The summed E-state index contributed by atoms with van der Waals surface area (Å²) in [6.45, 7) is 0. The molecule has 0 unspecified atom stereocenters. The van der Waals surface area contributed by atoms with E-state index in [1.165, 1.54) is 0 Å². The van der Waals surface area contributed by atoms with Crippen LogP contribution in [0.25, 0.3) is 0 Å². The van der Waals surface area contributed by atoms with Gasteiger partial charge < -0.3 is 0 Å². The summed E-state index contributed by atoms with van der Waals surface area (Å²) in [5, 5.41) is 0. The molecule has 5 heteroatoms. The summed E-state index contributed by atoms with van der Waals surface area (Å²) < 4.78 is 22.8. The molecule has 5 heavy (non-hydrogen) atoms. The van der Waals surface area contributed by atoms with Crippen molar-refractivity contribution in [3.63, 3.8) is 0 Å². The summed E-state index contributed by atoms with van der Waals surface area (Å²) in [7, 11) is -2.61. The lowest BCUT2D eigenvalue weighted by atomic mass is 14.0. The first-order valence-corrected chi connectivity index (χ1v) is 1.61. The molecule has 0 aromatic rings. The van der Waals surface area contributed by atoms with Crippen molar-refractivity contribution in [2.75, 3.05) is 0 Å². The van der Waals surface area contributed by atoms with Crippen LogP contribution >= 0.6 is 13.5 Å². The number of hydrogen-bond donors (Lipinski definition) is 1. The van der Waals surface area contributed by atoms with Gasteiger partial charge in [-0.1, -0.05) is 0 Å². The minimum Gasteiger partial charge on any atom is -0.197 e. The van der Waals surface area contributed by atoms with Crippen molar-refractivity contribution >= 4 is 24.0 Å². The van der Waals surface area contributed by atoms with Gasteiger partial charge in [-0.15, -0.1) is 0 Å². The Hall–Kier alpha value is -0.0300. The summed E-state index contributed by atoms with van der Waals surface area (Å²) in [6.07, 6.45) is 0. The molecule has 0 rings (SSSR count). The maximum Gasteiger partial charge on any atom is 0.308 e. The third kappa shape index (κ3) is 17100. The minimum absolute atomic E-state index is 0. The van der Waals surface area contributed by atoms with Gasteiger partial charge in [0.05, 0.1) is 0 Å². The average Bonchev–Trinajstić information content (AvgIpc) is 0.811. The lowest BCUT2D eigenvalue weighted by molar-refractivity contribution is 0.620. The normalized spacial score (nSPS) is 4.80. The van der Waals surface area contributed by atoms with E-state index in [1.807, 2.05) is 0 Å². The van der Waals surface area contributed by atoms with Crippen LogP contribution in [0.5, 0.6) is 0 Å². The van der Waals surface area contributed by atoms with E-state index < -0.39 is 10.5 Å². The van der Waals surface area contributed by atoms with Crippen LogP contribution in [0.15, 0.2) is 0 Å². The third-order valence-corrected chi connectivity index (χ3v) is 0. The van der Waals surface area contributed by atoms with Crippen molar-refractivity contribution in [3.8, 4) is 0 Å². The number of rotatable bonds is 0. The topological polar surface area (TPSA) is 58.0 Å². The van der Waals surface area contributed by atoms with E-state index in [0.717, 1.165) is 0 Å². The van der Waals surface area contributed by atoms with Gasteiger partial charge in [0.2, 0.25) is 0 Å². The second-order valence-corrected chi connectivity index (χ2v) is 0.704. The molecule has 0 atom stereocenters. The SMILES string of the molecule is N=S(=O)=O.S. The molecule has 1 N–H and O–H groups in total. The van der Waals surface area contributed by atoms with E-state index in [0.29, 0.717) is 0 Å². The second kappa shape index (κ2) is 3.97. The fourth-order valence-corrected chi connectivity index (χ4v) is 0. The Bertz CT molecular complexity index is 77.0. The quantitative estimate of drug-likeness (QED) is 0.470. The van der Waals surface area contributed by atoms with Crippen molar-refractivity contribution in [2.45, 2.75) is 0 Å². The fraction of sp³-hybridized carbons (Fsp3) is 0. The fourth-order valence-electron chi connectivity index (χ4n) is 0. The molecule has 0 aromatic carbocycles. The highest BCUT2D eigenvalue weighted by Gasteiger charge is 1.32. The molecule has 32 valence electrons. The van der Waals surface area contributed by atoms with Gasteiger partial charge in [0.25, 0.3) is 0 Å². The first kappa shape index (κ1) is 8.88. The predicted octanol–water partition coefficient (Wildman–Crippen LogP) is -0.259. The first-order chi connectivity index (χ1) is 1.73. The van der Waals surface area contributed by atoms with Crippen LogP contribution in [0.2, 0.25) is 0 Å². The van der Waals surface area contributed by atoms with Crippen molar-refractivity contribution in [2.24, 2.45) is 0 Å². The molecule has 0 saturated carbocycles. The predicted molar refractivity (Wildman–Crippen MR) is 22.0 cm³/mol. The van der Waals surface area contributed by atoms with Gasteiger partial charge in [0, 0.05) is 0 Å². The number of hydrogen-bond acceptors (Lipinski definition) is 3. The van der Waals surface area contributed by atoms with Gasteiger partial charge >= 0.3 is 10.5 Å². The highest BCUT2D eigenvalue weighted by molar-refractivity contribution is 7.60. The Morgan fingerprint density at radius 1 is 1.40 bits per heavy atom. The Balaban J connectivity index is 0. The molecule has 3 nitrogen and oxygen atoms in total. The van der Waals surface area contributed by atoms with E-state index >= 15 is 0 Å². The van der Waals surface area contributed by atoms with Crippen LogP contribution < -0.4 is 0 Å². The Morgan fingerprint density at radius 3 is 1.40 bits per heavy atom. The molecule has 0 heterocycles. The number of nitrogens with one attached hydrogen (secondary N) is 1. The molecule has 0 fully saturated rings. The van der Waals surface area contributed by atoms with E-state index in [1.54, 1.807) is 0 Å². The molecular weight excluding hydrogens is 110 g/mol. The average molecular weight is 113 g/mol. The molecule has 0 saturated heterocycles. The first-order valence-electron chi connectivity index (χ1n) is 0.537. The molecule has 0 bridgehead atoms. The van der Waals surface area contributed by atoms with Crippen LogP contribution in [0, 0.1) is 4.78 Å². The smallest absolute Gasteiger partial charge is 0.197 e. The molecule has 0 aliphatic heterocycles. The Kier molecular flexibility index (Phi) is 7.05. The van der Waals surface area contributed by atoms with E-state index in [4.69, 9.17) is 13.2 Å². The molecule has 0 aliphatic carbocycles.